The van der Waals surface area contributed by atoms with Crippen LogP contribution in [0.15, 0.2) is 72.8 Å². The third kappa shape index (κ3) is 5.71. The summed E-state index contributed by atoms with van der Waals surface area (Å²) in [6, 6.07) is 28.1. The van der Waals surface area contributed by atoms with Crippen molar-refractivity contribution in [3.63, 3.8) is 0 Å². The molecule has 0 radical (unpaired) electrons. The van der Waals surface area contributed by atoms with E-state index in [9.17, 15) is 0 Å². The van der Waals surface area contributed by atoms with Gasteiger partial charge in [-0.05, 0) is 110 Å². The van der Waals surface area contributed by atoms with Gasteiger partial charge in [0.05, 0.1) is 0 Å². The quantitative estimate of drug-likeness (QED) is 0.160. The maximum Gasteiger partial charge on any atom is 0.0449 e. The molecule has 0 bridgehead atoms. The van der Waals surface area contributed by atoms with Gasteiger partial charge in [0.25, 0.3) is 0 Å². The normalized spacial score (nSPS) is 16.9. The average molecular weight is 659 g/mol. The molecule has 6 aromatic heterocycles. The van der Waals surface area contributed by atoms with Crippen LogP contribution in [-0.2, 0) is 0 Å². The largest absolute Gasteiger partial charge is 0.139 e. The Bertz CT molecular complexity index is 1640. The predicted octanol–water partition coefficient (Wildman–Crippen LogP) is 14.5. The third-order valence-electron chi connectivity index (χ3n) is 8.91. The fraction of sp³-hybridized carbons (Fsp3) is 0.333. The van der Waals surface area contributed by atoms with Crippen molar-refractivity contribution >= 4 is 68.0 Å². The maximum atomic E-state index is 2.40. The van der Waals surface area contributed by atoms with Gasteiger partial charge in [0.15, 0.2) is 0 Å². The van der Waals surface area contributed by atoms with E-state index in [0.717, 1.165) is 11.8 Å². The highest BCUT2D eigenvalue weighted by Crippen LogP contribution is 2.47. The summed E-state index contributed by atoms with van der Waals surface area (Å²) in [7, 11) is 0. The molecule has 214 valence electrons. The van der Waals surface area contributed by atoms with Crippen molar-refractivity contribution in [1.82, 2.24) is 0 Å². The van der Waals surface area contributed by atoms with Crippen molar-refractivity contribution in [3.8, 4) is 48.8 Å². The molecule has 42 heavy (non-hydrogen) atoms. The Morgan fingerprint density at radius 1 is 0.286 bits per heavy atom. The predicted molar refractivity (Wildman–Crippen MR) is 193 cm³/mol. The summed E-state index contributed by atoms with van der Waals surface area (Å²) >= 11 is 11.8. The van der Waals surface area contributed by atoms with Crippen LogP contribution < -0.4 is 0 Å². The number of hydrogen-bond acceptors (Lipinski definition) is 6. The summed E-state index contributed by atoms with van der Waals surface area (Å²) in [5.74, 6) is 1.59. The molecule has 2 aliphatic rings. The number of rotatable bonds is 7. The first-order valence-electron chi connectivity index (χ1n) is 15.4. The average Bonchev–Trinajstić information content (AvgIpc) is 3.88. The minimum Gasteiger partial charge on any atom is -0.139 e. The van der Waals surface area contributed by atoms with Gasteiger partial charge in [0, 0.05) is 58.5 Å². The summed E-state index contributed by atoms with van der Waals surface area (Å²) in [6.07, 6.45) is 14.0. The van der Waals surface area contributed by atoms with E-state index < -0.39 is 0 Å². The monoisotopic (exact) mass is 658 g/mol. The molecule has 6 heteroatoms. The lowest BCUT2D eigenvalue weighted by atomic mass is 9.88. The van der Waals surface area contributed by atoms with E-state index >= 15 is 0 Å². The molecule has 0 saturated heterocycles. The van der Waals surface area contributed by atoms with E-state index in [-0.39, 0.29) is 0 Å². The number of thiophene rings is 6. The fourth-order valence-electron chi connectivity index (χ4n) is 6.59. The summed E-state index contributed by atoms with van der Waals surface area (Å²) in [6.45, 7) is 0. The Hall–Kier alpha value is -1.80. The highest BCUT2D eigenvalue weighted by Gasteiger charge is 2.20. The van der Waals surface area contributed by atoms with Gasteiger partial charge in [-0.15, -0.1) is 68.0 Å². The molecular weight excluding hydrogens is 625 g/mol. The van der Waals surface area contributed by atoms with Crippen molar-refractivity contribution in [2.45, 2.75) is 76.0 Å². The molecule has 0 amide bonds. The third-order valence-corrected chi connectivity index (χ3v) is 16.7. The fourth-order valence-corrected chi connectivity index (χ4v) is 13.4. The van der Waals surface area contributed by atoms with Crippen LogP contribution in [0.5, 0.6) is 0 Å². The molecule has 0 aliphatic heterocycles. The van der Waals surface area contributed by atoms with Crippen LogP contribution >= 0.6 is 68.0 Å². The molecular formula is C36H34S6. The van der Waals surface area contributed by atoms with Crippen molar-refractivity contribution in [1.29, 1.82) is 0 Å². The van der Waals surface area contributed by atoms with E-state index in [1.165, 1.54) is 113 Å². The minimum atomic E-state index is 0.794. The van der Waals surface area contributed by atoms with Crippen molar-refractivity contribution < 1.29 is 0 Å². The Balaban J connectivity index is 0.962. The second-order valence-electron chi connectivity index (χ2n) is 11.7. The molecule has 0 spiro atoms. The smallest absolute Gasteiger partial charge is 0.0449 e. The molecule has 6 aromatic rings. The summed E-state index contributed by atoms with van der Waals surface area (Å²) < 4.78 is 0. The van der Waals surface area contributed by atoms with Gasteiger partial charge in [-0.1, -0.05) is 38.5 Å². The highest BCUT2D eigenvalue weighted by molar-refractivity contribution is 7.30. The van der Waals surface area contributed by atoms with Gasteiger partial charge in [0.2, 0.25) is 0 Å². The molecule has 2 fully saturated rings. The van der Waals surface area contributed by atoms with Crippen molar-refractivity contribution in [2.75, 3.05) is 0 Å². The molecule has 0 aromatic carbocycles. The van der Waals surface area contributed by atoms with E-state index in [4.69, 9.17) is 0 Å². The van der Waals surface area contributed by atoms with Crippen LogP contribution in [0.4, 0.5) is 0 Å². The van der Waals surface area contributed by atoms with Gasteiger partial charge in [0.1, 0.15) is 0 Å². The van der Waals surface area contributed by atoms with Gasteiger partial charge in [-0.25, -0.2) is 0 Å². The zero-order valence-corrected chi connectivity index (χ0v) is 28.5. The molecule has 2 saturated carbocycles. The Morgan fingerprint density at radius 2 is 0.524 bits per heavy atom. The lowest BCUT2D eigenvalue weighted by molar-refractivity contribution is 0.448. The second kappa shape index (κ2) is 12.3. The van der Waals surface area contributed by atoms with Crippen LogP contribution in [0.1, 0.15) is 85.8 Å². The lowest BCUT2D eigenvalue weighted by Gasteiger charge is -2.19. The van der Waals surface area contributed by atoms with Gasteiger partial charge >= 0.3 is 0 Å². The van der Waals surface area contributed by atoms with Gasteiger partial charge in [-0.3, -0.25) is 0 Å². The molecule has 2 aliphatic carbocycles. The van der Waals surface area contributed by atoms with Crippen LogP contribution in [0.3, 0.4) is 0 Å². The van der Waals surface area contributed by atoms with E-state index in [0.29, 0.717) is 0 Å². The number of hydrogen-bond donors (Lipinski definition) is 0. The standard InChI is InChI=1S/C36H34S6/c1-3-7-23(8-4-1)25-11-13-27(37-25)29-15-17-31(39-29)33-19-21-35(41-33)36-22-20-34(42-36)32-18-16-30(40-32)28-14-12-26(38-28)24-9-5-2-6-10-24/h11-24H,1-10H2. The van der Waals surface area contributed by atoms with Crippen molar-refractivity contribution in [3.05, 3.63) is 82.6 Å². The zero-order chi connectivity index (χ0) is 27.9. The maximum absolute atomic E-state index is 2.40. The minimum absolute atomic E-state index is 0.794. The highest BCUT2D eigenvalue weighted by atomic mass is 32.1. The van der Waals surface area contributed by atoms with Crippen LogP contribution in [0.2, 0.25) is 0 Å². The Kier molecular flexibility index (Phi) is 8.12. The first-order valence-corrected chi connectivity index (χ1v) is 20.3. The molecule has 0 nitrogen and oxygen atoms in total. The second-order valence-corrected chi connectivity index (χ2v) is 18.3. The molecule has 0 N–H and O–H groups in total. The van der Waals surface area contributed by atoms with Crippen molar-refractivity contribution in [2.24, 2.45) is 0 Å². The lowest BCUT2D eigenvalue weighted by Crippen LogP contribution is -2.01. The molecule has 8 rings (SSSR count). The van der Waals surface area contributed by atoms with Crippen LogP contribution in [-0.4, -0.2) is 0 Å². The topological polar surface area (TPSA) is 0 Å². The van der Waals surface area contributed by atoms with Gasteiger partial charge < -0.3 is 0 Å². The van der Waals surface area contributed by atoms with E-state index in [1.807, 2.05) is 68.0 Å². The van der Waals surface area contributed by atoms with E-state index in [1.54, 1.807) is 9.75 Å². The summed E-state index contributed by atoms with van der Waals surface area (Å²) in [5.41, 5.74) is 0. The SMILES string of the molecule is c1cc(-c2ccc(-c3ccc(C4CCCCC4)s3)s2)sc1-c1ccc(-c2ccc(-c3ccc(C4CCCCC4)s3)s2)s1. The van der Waals surface area contributed by atoms with E-state index in [2.05, 4.69) is 72.8 Å². The Labute approximate surface area is 273 Å². The van der Waals surface area contributed by atoms with Crippen LogP contribution in [0.25, 0.3) is 48.8 Å². The summed E-state index contributed by atoms with van der Waals surface area (Å²) in [5, 5.41) is 0. The molecule has 0 unspecified atom stereocenters. The first-order chi connectivity index (χ1) is 20.8. The Morgan fingerprint density at radius 3 is 0.810 bits per heavy atom. The van der Waals surface area contributed by atoms with Crippen LogP contribution in [0, 0.1) is 0 Å². The van der Waals surface area contributed by atoms with Gasteiger partial charge in [-0.2, -0.15) is 0 Å². The summed E-state index contributed by atoms with van der Waals surface area (Å²) in [4.78, 5) is 17.2. The first kappa shape index (κ1) is 27.7. The zero-order valence-electron chi connectivity index (χ0n) is 23.6. The molecule has 0 atom stereocenters. The molecule has 6 heterocycles.